The van der Waals surface area contributed by atoms with Crippen molar-refractivity contribution in [1.29, 1.82) is 0 Å². The third kappa shape index (κ3) is 6.64. The molecule has 7 heteroatoms. The average molecular weight is 485 g/mol. The minimum Gasteiger partial charge on any atom is -0.324 e. The van der Waals surface area contributed by atoms with Crippen molar-refractivity contribution in [2.24, 2.45) is 0 Å². The van der Waals surface area contributed by atoms with Crippen LogP contribution in [0.4, 0.5) is 34.9 Å². The number of benzene rings is 4. The van der Waals surface area contributed by atoms with Crippen LogP contribution in [0.1, 0.15) is 15.9 Å². The van der Waals surface area contributed by atoms with Gasteiger partial charge < -0.3 is 16.0 Å². The van der Waals surface area contributed by atoms with Crippen LogP contribution >= 0.6 is 0 Å². The van der Waals surface area contributed by atoms with Crippen LogP contribution in [0.5, 0.6) is 0 Å². The van der Waals surface area contributed by atoms with Crippen molar-refractivity contribution >= 4 is 46.8 Å². The van der Waals surface area contributed by atoms with E-state index in [0.29, 0.717) is 29.1 Å². The highest BCUT2D eigenvalue weighted by Crippen LogP contribution is 2.21. The molecule has 0 saturated heterocycles. The quantitative estimate of drug-likeness (QED) is 0.153. The fourth-order valence-electron chi connectivity index (χ4n) is 3.56. The predicted octanol–water partition coefficient (Wildman–Crippen LogP) is 7.00. The molecule has 0 aliphatic rings. The molecule has 0 amide bonds. The number of hydrogen-bond donors (Lipinski definition) is 3. The first-order valence-electron chi connectivity index (χ1n) is 11.8. The Labute approximate surface area is 215 Å². The smallest absolute Gasteiger partial charge is 0.233 e. The van der Waals surface area contributed by atoms with Gasteiger partial charge in [-0.2, -0.15) is 15.0 Å². The molecule has 180 valence electrons. The first-order chi connectivity index (χ1) is 18.2. The van der Waals surface area contributed by atoms with Gasteiger partial charge in [0.15, 0.2) is 5.78 Å². The van der Waals surface area contributed by atoms with E-state index in [1.54, 1.807) is 24.3 Å². The van der Waals surface area contributed by atoms with Crippen molar-refractivity contribution in [2.45, 2.75) is 0 Å². The standard InChI is InChI=1S/C30H24N6O/c37-27(20-19-22-11-4-1-5-12-22)23-13-10-18-26(21-23)33-30-35-28(31-24-14-6-2-7-15-24)34-29(36-30)32-25-16-8-3-9-17-25/h1-21H,(H3,31,32,33,34,35,36)/b20-19+. The lowest BCUT2D eigenvalue weighted by Crippen LogP contribution is -2.07. The van der Waals surface area contributed by atoms with Crippen molar-refractivity contribution in [3.05, 3.63) is 132 Å². The molecule has 1 heterocycles. The summed E-state index contributed by atoms with van der Waals surface area (Å²) in [6.45, 7) is 0. The van der Waals surface area contributed by atoms with Gasteiger partial charge in [0.2, 0.25) is 17.8 Å². The van der Waals surface area contributed by atoms with Crippen molar-refractivity contribution in [3.63, 3.8) is 0 Å². The second kappa shape index (κ2) is 11.4. The number of carbonyl (C=O) groups is 1. The van der Waals surface area contributed by atoms with Gasteiger partial charge in [-0.3, -0.25) is 4.79 Å². The van der Waals surface area contributed by atoms with E-state index in [1.807, 2.05) is 103 Å². The van der Waals surface area contributed by atoms with Gasteiger partial charge in [0.25, 0.3) is 0 Å². The van der Waals surface area contributed by atoms with E-state index in [0.717, 1.165) is 16.9 Å². The van der Waals surface area contributed by atoms with Crippen molar-refractivity contribution < 1.29 is 4.79 Å². The molecule has 0 radical (unpaired) electrons. The molecule has 5 rings (SSSR count). The second-order valence-electron chi connectivity index (χ2n) is 8.10. The van der Waals surface area contributed by atoms with Crippen molar-refractivity contribution in [3.8, 4) is 0 Å². The van der Waals surface area contributed by atoms with Crippen molar-refractivity contribution in [1.82, 2.24) is 15.0 Å². The van der Waals surface area contributed by atoms with Crippen LogP contribution in [0, 0.1) is 0 Å². The highest BCUT2D eigenvalue weighted by molar-refractivity contribution is 6.07. The first-order valence-corrected chi connectivity index (χ1v) is 11.8. The molecular weight excluding hydrogens is 460 g/mol. The Bertz CT molecular complexity index is 1450. The molecule has 7 nitrogen and oxygen atoms in total. The van der Waals surface area contributed by atoms with E-state index in [1.165, 1.54) is 0 Å². The summed E-state index contributed by atoms with van der Waals surface area (Å²) in [5, 5.41) is 9.63. The summed E-state index contributed by atoms with van der Waals surface area (Å²) >= 11 is 0. The highest BCUT2D eigenvalue weighted by atomic mass is 16.1. The molecule has 3 N–H and O–H groups in total. The number of nitrogens with zero attached hydrogens (tertiary/aromatic N) is 3. The molecule has 37 heavy (non-hydrogen) atoms. The van der Waals surface area contributed by atoms with Crippen LogP contribution in [-0.4, -0.2) is 20.7 Å². The maximum absolute atomic E-state index is 12.8. The van der Waals surface area contributed by atoms with Gasteiger partial charge in [0.05, 0.1) is 0 Å². The Morgan fingerprint density at radius 1 is 0.541 bits per heavy atom. The maximum Gasteiger partial charge on any atom is 0.233 e. The molecule has 4 aromatic carbocycles. The Kier molecular flexibility index (Phi) is 7.23. The zero-order chi connectivity index (χ0) is 25.3. The Morgan fingerprint density at radius 2 is 1.00 bits per heavy atom. The van der Waals surface area contributed by atoms with E-state index in [2.05, 4.69) is 30.9 Å². The van der Waals surface area contributed by atoms with E-state index in [4.69, 9.17) is 0 Å². The number of ketones is 1. The van der Waals surface area contributed by atoms with Gasteiger partial charge >= 0.3 is 0 Å². The van der Waals surface area contributed by atoms with Crippen LogP contribution < -0.4 is 16.0 Å². The topological polar surface area (TPSA) is 91.8 Å². The molecule has 0 fully saturated rings. The van der Waals surface area contributed by atoms with Gasteiger partial charge in [-0.25, -0.2) is 0 Å². The predicted molar refractivity (Wildman–Crippen MR) is 149 cm³/mol. The average Bonchev–Trinajstić information content (AvgIpc) is 2.93. The molecular formula is C30H24N6O. The summed E-state index contributed by atoms with van der Waals surface area (Å²) < 4.78 is 0. The number of rotatable bonds is 9. The van der Waals surface area contributed by atoms with Gasteiger partial charge in [0, 0.05) is 22.6 Å². The summed E-state index contributed by atoms with van der Waals surface area (Å²) in [7, 11) is 0. The zero-order valence-corrected chi connectivity index (χ0v) is 19.9. The highest BCUT2D eigenvalue weighted by Gasteiger charge is 2.10. The number of carbonyl (C=O) groups excluding carboxylic acids is 1. The van der Waals surface area contributed by atoms with Crippen LogP contribution in [-0.2, 0) is 0 Å². The summed E-state index contributed by atoms with van der Waals surface area (Å²) in [6, 6.07) is 36.3. The molecule has 0 bridgehead atoms. The van der Waals surface area contributed by atoms with E-state index in [-0.39, 0.29) is 5.78 Å². The fourth-order valence-corrected chi connectivity index (χ4v) is 3.56. The van der Waals surface area contributed by atoms with Gasteiger partial charge in [-0.15, -0.1) is 0 Å². The molecule has 1 aromatic heterocycles. The SMILES string of the molecule is O=C(/C=C/c1ccccc1)c1cccc(Nc2nc(Nc3ccccc3)nc(Nc3ccccc3)n2)c1. The van der Waals surface area contributed by atoms with E-state index >= 15 is 0 Å². The third-order valence-corrected chi connectivity index (χ3v) is 5.33. The fraction of sp³-hybridized carbons (Fsp3) is 0. The van der Waals surface area contributed by atoms with Crippen LogP contribution in [0.3, 0.4) is 0 Å². The number of hydrogen-bond acceptors (Lipinski definition) is 7. The summed E-state index contributed by atoms with van der Waals surface area (Å²) in [5.74, 6) is 0.984. The monoisotopic (exact) mass is 484 g/mol. The minimum absolute atomic E-state index is 0.0963. The second-order valence-corrected chi connectivity index (χ2v) is 8.10. The number of allylic oxidation sites excluding steroid dienone is 1. The first kappa shape index (κ1) is 23.4. The lowest BCUT2D eigenvalue weighted by atomic mass is 10.1. The Hall–Kier alpha value is -5.30. The largest absolute Gasteiger partial charge is 0.324 e. The molecule has 5 aromatic rings. The number of nitrogens with one attached hydrogen (secondary N) is 3. The van der Waals surface area contributed by atoms with E-state index < -0.39 is 0 Å². The summed E-state index contributed by atoms with van der Waals surface area (Å²) in [5.41, 5.74) is 3.90. The molecule has 0 aliphatic heterocycles. The lowest BCUT2D eigenvalue weighted by Gasteiger charge is -2.12. The molecule has 0 atom stereocenters. The maximum atomic E-state index is 12.8. The minimum atomic E-state index is -0.0963. The van der Waals surface area contributed by atoms with Gasteiger partial charge in [-0.1, -0.05) is 84.9 Å². The normalized spacial score (nSPS) is 10.7. The van der Waals surface area contributed by atoms with E-state index in [9.17, 15) is 4.79 Å². The summed E-state index contributed by atoms with van der Waals surface area (Å²) in [4.78, 5) is 26.3. The Balaban J connectivity index is 1.39. The third-order valence-electron chi connectivity index (χ3n) is 5.33. The lowest BCUT2D eigenvalue weighted by molar-refractivity contribution is 0.104. The molecule has 0 spiro atoms. The number of anilines is 6. The number of para-hydroxylation sites is 2. The van der Waals surface area contributed by atoms with Crippen LogP contribution in [0.15, 0.2) is 121 Å². The molecule has 0 aliphatic carbocycles. The zero-order valence-electron chi connectivity index (χ0n) is 19.9. The van der Waals surface area contributed by atoms with Crippen molar-refractivity contribution in [2.75, 3.05) is 16.0 Å². The molecule has 0 saturated carbocycles. The molecule has 0 unspecified atom stereocenters. The van der Waals surface area contributed by atoms with Gasteiger partial charge in [-0.05, 0) is 48.0 Å². The number of aromatic nitrogens is 3. The van der Waals surface area contributed by atoms with Crippen LogP contribution in [0.25, 0.3) is 6.08 Å². The summed E-state index contributed by atoms with van der Waals surface area (Å²) in [6.07, 6.45) is 3.37. The Morgan fingerprint density at radius 3 is 1.54 bits per heavy atom. The van der Waals surface area contributed by atoms with Crippen LogP contribution in [0.2, 0.25) is 0 Å². The van der Waals surface area contributed by atoms with Gasteiger partial charge in [0.1, 0.15) is 0 Å².